The maximum absolute atomic E-state index is 13.5. The number of hydrogen-bond donors (Lipinski definition) is 1. The number of rotatable bonds is 7. The van der Waals surface area contributed by atoms with E-state index in [2.05, 4.69) is 10.3 Å². The van der Waals surface area contributed by atoms with Crippen molar-refractivity contribution in [3.05, 3.63) is 83.9 Å². The lowest BCUT2D eigenvalue weighted by atomic mass is 10.1. The molecule has 0 aliphatic carbocycles. The predicted molar refractivity (Wildman–Crippen MR) is 133 cm³/mol. The van der Waals surface area contributed by atoms with Crippen molar-refractivity contribution in [3.63, 3.8) is 0 Å². The van der Waals surface area contributed by atoms with Gasteiger partial charge < -0.3 is 10.1 Å². The number of halogens is 3. The molecule has 0 saturated heterocycles. The Bertz CT molecular complexity index is 1460. The van der Waals surface area contributed by atoms with Crippen molar-refractivity contribution < 1.29 is 27.5 Å². The number of amides is 2. The van der Waals surface area contributed by atoms with Gasteiger partial charge in [-0.15, -0.1) is 0 Å². The number of carbonyl (C=O) groups excluding carboxylic acids is 2. The topological polar surface area (TPSA) is 76.5 Å². The number of benzene rings is 3. The molecule has 1 atom stereocenters. The Kier molecular flexibility index (Phi) is 6.32. The van der Waals surface area contributed by atoms with E-state index in [4.69, 9.17) is 4.74 Å². The number of fused-ring (bicyclic) bond motifs is 3. The van der Waals surface area contributed by atoms with Crippen LogP contribution in [0.1, 0.15) is 23.6 Å². The van der Waals surface area contributed by atoms with Crippen LogP contribution in [0.4, 0.5) is 24.8 Å². The highest BCUT2D eigenvalue weighted by atomic mass is 19.4. The minimum absolute atomic E-state index is 0.0114. The van der Waals surface area contributed by atoms with Gasteiger partial charge in [0.2, 0.25) is 11.9 Å². The van der Waals surface area contributed by atoms with Crippen LogP contribution in [0.5, 0.6) is 5.75 Å². The summed E-state index contributed by atoms with van der Waals surface area (Å²) in [5.74, 6) is 0.311. The molecule has 0 bridgehead atoms. The van der Waals surface area contributed by atoms with Crippen molar-refractivity contribution in [3.8, 4) is 5.75 Å². The standard InChI is InChI=1S/C27H23F3N4O3/c1-37-20-11-9-17(10-12-20)13-14-33-25(36)23(34-22-8-3-2-7-21(22)32-26(33)34)16-24(35)31-19-6-4-5-18(15-19)27(28,29)30/h2-12,15,23H,13-14,16H2,1H3,(H,31,35)/t23-/m1/s1. The van der Waals surface area contributed by atoms with Crippen molar-refractivity contribution >= 4 is 34.5 Å². The zero-order chi connectivity index (χ0) is 26.2. The summed E-state index contributed by atoms with van der Waals surface area (Å²) in [6.45, 7) is 0.347. The average Bonchev–Trinajstić information content (AvgIpc) is 3.37. The first-order valence-corrected chi connectivity index (χ1v) is 11.6. The quantitative estimate of drug-likeness (QED) is 0.371. The second kappa shape index (κ2) is 9.61. The van der Waals surface area contributed by atoms with E-state index < -0.39 is 23.7 Å². The third-order valence-electron chi connectivity index (χ3n) is 6.32. The first-order valence-electron chi connectivity index (χ1n) is 11.6. The van der Waals surface area contributed by atoms with Crippen molar-refractivity contribution in [1.29, 1.82) is 0 Å². The van der Waals surface area contributed by atoms with Crippen molar-refractivity contribution in [2.45, 2.75) is 25.1 Å². The smallest absolute Gasteiger partial charge is 0.416 e. The molecule has 37 heavy (non-hydrogen) atoms. The second-order valence-electron chi connectivity index (χ2n) is 8.71. The van der Waals surface area contributed by atoms with Gasteiger partial charge in [-0.3, -0.25) is 19.1 Å². The zero-order valence-electron chi connectivity index (χ0n) is 19.8. The highest BCUT2D eigenvalue weighted by Crippen LogP contribution is 2.37. The summed E-state index contributed by atoms with van der Waals surface area (Å²) < 4.78 is 46.1. The lowest BCUT2D eigenvalue weighted by Crippen LogP contribution is -2.33. The lowest BCUT2D eigenvalue weighted by Gasteiger charge is -2.16. The molecule has 0 unspecified atom stereocenters. The van der Waals surface area contributed by atoms with Crippen LogP contribution in [0, 0.1) is 0 Å². The molecule has 2 heterocycles. The van der Waals surface area contributed by atoms with Gasteiger partial charge in [0, 0.05) is 12.2 Å². The van der Waals surface area contributed by atoms with Gasteiger partial charge in [-0.1, -0.05) is 30.3 Å². The van der Waals surface area contributed by atoms with E-state index in [0.29, 0.717) is 29.9 Å². The summed E-state index contributed by atoms with van der Waals surface area (Å²) in [4.78, 5) is 32.6. The number of aromatic nitrogens is 2. The predicted octanol–water partition coefficient (Wildman–Crippen LogP) is 5.22. The van der Waals surface area contributed by atoms with Gasteiger partial charge in [-0.25, -0.2) is 4.98 Å². The first kappa shape index (κ1) is 24.4. The van der Waals surface area contributed by atoms with Gasteiger partial charge in [-0.05, 0) is 54.4 Å². The van der Waals surface area contributed by atoms with Gasteiger partial charge >= 0.3 is 6.18 Å². The molecule has 0 spiro atoms. The van der Waals surface area contributed by atoms with Crippen LogP contribution >= 0.6 is 0 Å². The minimum atomic E-state index is -4.53. The van der Waals surface area contributed by atoms with E-state index in [1.165, 1.54) is 12.1 Å². The molecule has 0 radical (unpaired) electrons. The van der Waals surface area contributed by atoms with E-state index in [0.717, 1.165) is 23.4 Å². The van der Waals surface area contributed by atoms with Crippen LogP contribution in [0.2, 0.25) is 0 Å². The number of methoxy groups -OCH3 is 1. The monoisotopic (exact) mass is 508 g/mol. The highest BCUT2D eigenvalue weighted by molar-refractivity contribution is 6.05. The molecule has 1 aliphatic heterocycles. The van der Waals surface area contributed by atoms with Gasteiger partial charge in [0.1, 0.15) is 11.8 Å². The maximum Gasteiger partial charge on any atom is 0.416 e. The number of carbonyl (C=O) groups is 2. The van der Waals surface area contributed by atoms with Crippen LogP contribution < -0.4 is 15.0 Å². The summed E-state index contributed by atoms with van der Waals surface area (Å²) >= 11 is 0. The summed E-state index contributed by atoms with van der Waals surface area (Å²) in [6, 6.07) is 18.4. The Hall–Kier alpha value is -4.34. The third-order valence-corrected chi connectivity index (χ3v) is 6.32. The van der Waals surface area contributed by atoms with Gasteiger partial charge in [0.25, 0.3) is 5.91 Å². The fraction of sp³-hybridized carbons (Fsp3) is 0.222. The SMILES string of the molecule is COc1ccc(CCN2C(=O)[C@@H](CC(=O)Nc3cccc(C(F)(F)F)c3)n3c2nc2ccccc23)cc1. The number of alkyl halides is 3. The number of nitrogens with zero attached hydrogens (tertiary/aromatic N) is 3. The average molecular weight is 509 g/mol. The fourth-order valence-corrected chi connectivity index (χ4v) is 4.50. The Morgan fingerprint density at radius 3 is 2.54 bits per heavy atom. The lowest BCUT2D eigenvalue weighted by molar-refractivity contribution is -0.137. The summed E-state index contributed by atoms with van der Waals surface area (Å²) in [5, 5.41) is 2.50. The Labute approximate surface area is 210 Å². The van der Waals surface area contributed by atoms with Crippen LogP contribution in [0.15, 0.2) is 72.8 Å². The van der Waals surface area contributed by atoms with E-state index in [9.17, 15) is 22.8 Å². The largest absolute Gasteiger partial charge is 0.497 e. The molecule has 1 N–H and O–H groups in total. The molecule has 1 aliphatic rings. The zero-order valence-corrected chi connectivity index (χ0v) is 19.8. The molecule has 190 valence electrons. The van der Waals surface area contributed by atoms with Crippen LogP contribution in [0.25, 0.3) is 11.0 Å². The number of imidazole rings is 1. The Morgan fingerprint density at radius 1 is 1.05 bits per heavy atom. The molecular weight excluding hydrogens is 485 g/mol. The van der Waals surface area contributed by atoms with Gasteiger partial charge in [0.05, 0.1) is 30.1 Å². The highest BCUT2D eigenvalue weighted by Gasteiger charge is 2.40. The van der Waals surface area contributed by atoms with Crippen LogP contribution in [-0.4, -0.2) is 35.0 Å². The molecule has 5 rings (SSSR count). The number of anilines is 2. The molecule has 0 fully saturated rings. The number of nitrogens with one attached hydrogen (secondary N) is 1. The molecule has 0 saturated carbocycles. The van der Waals surface area contributed by atoms with E-state index in [1.807, 2.05) is 48.5 Å². The normalized spacial score (nSPS) is 15.2. The summed E-state index contributed by atoms with van der Waals surface area (Å²) in [5.41, 5.74) is 1.53. The molecule has 10 heteroatoms. The molecule has 3 aromatic carbocycles. The number of para-hydroxylation sites is 2. The van der Waals surface area contributed by atoms with E-state index in [-0.39, 0.29) is 18.0 Å². The maximum atomic E-state index is 13.5. The van der Waals surface area contributed by atoms with Crippen molar-refractivity contribution in [1.82, 2.24) is 9.55 Å². The molecule has 7 nitrogen and oxygen atoms in total. The molecule has 4 aromatic rings. The molecule has 2 amide bonds. The minimum Gasteiger partial charge on any atom is -0.497 e. The van der Waals surface area contributed by atoms with Crippen molar-refractivity contribution in [2.75, 3.05) is 23.9 Å². The van der Waals surface area contributed by atoms with Crippen molar-refractivity contribution in [2.24, 2.45) is 0 Å². The molecular formula is C27H23F3N4O3. The first-order chi connectivity index (χ1) is 17.7. The fourth-order valence-electron chi connectivity index (χ4n) is 4.50. The van der Waals surface area contributed by atoms with Crippen LogP contribution in [-0.2, 0) is 22.2 Å². The number of hydrogen-bond acceptors (Lipinski definition) is 4. The Morgan fingerprint density at radius 2 is 1.81 bits per heavy atom. The summed E-state index contributed by atoms with van der Waals surface area (Å²) in [7, 11) is 1.59. The van der Waals surface area contributed by atoms with Gasteiger partial charge in [-0.2, -0.15) is 13.2 Å². The number of ether oxygens (including phenoxy) is 1. The van der Waals surface area contributed by atoms with E-state index in [1.54, 1.807) is 16.6 Å². The molecule has 1 aromatic heterocycles. The van der Waals surface area contributed by atoms with Gasteiger partial charge in [0.15, 0.2) is 0 Å². The Balaban J connectivity index is 1.38. The van der Waals surface area contributed by atoms with Crippen LogP contribution in [0.3, 0.4) is 0 Å². The third kappa shape index (κ3) is 4.87. The second-order valence-corrected chi connectivity index (χ2v) is 8.71. The summed E-state index contributed by atoms with van der Waals surface area (Å²) in [6.07, 6.45) is -4.22. The van der Waals surface area contributed by atoms with E-state index >= 15 is 0 Å².